The summed E-state index contributed by atoms with van der Waals surface area (Å²) >= 11 is 0. The molecule has 0 rings (SSSR count). The zero-order chi connectivity index (χ0) is 7.82. The molecule has 0 radical (unpaired) electrons. The summed E-state index contributed by atoms with van der Waals surface area (Å²) in [6, 6.07) is 0. The van der Waals surface area contributed by atoms with E-state index in [1.165, 1.54) is 12.8 Å². The summed E-state index contributed by atoms with van der Waals surface area (Å²) in [6.45, 7) is 2.15. The predicted octanol–water partition coefficient (Wildman–Crippen LogP) is 1.88. The molecule has 2 nitrogen and oxygen atoms in total. The van der Waals surface area contributed by atoms with Gasteiger partial charge in [-0.1, -0.05) is 25.7 Å². The standard InChI is InChI=1S/C8H15NO.ClH/c1-3-5-6-7-8(4-2)10-9;/h2,8H,3,5-7,9H2,1H3;1H/t8-;/m1./s1. The molecule has 0 aromatic rings. The highest BCUT2D eigenvalue weighted by Gasteiger charge is 2.00. The van der Waals surface area contributed by atoms with Crippen LogP contribution in [0.2, 0.25) is 0 Å². The number of hydrogen-bond donors (Lipinski definition) is 1. The van der Waals surface area contributed by atoms with E-state index >= 15 is 0 Å². The van der Waals surface area contributed by atoms with Gasteiger partial charge in [-0.2, -0.15) is 0 Å². The molecule has 0 bridgehead atoms. The molecule has 0 saturated carbocycles. The van der Waals surface area contributed by atoms with E-state index in [-0.39, 0.29) is 18.5 Å². The fraction of sp³-hybridized carbons (Fsp3) is 0.750. The van der Waals surface area contributed by atoms with Crippen LogP contribution in [0.4, 0.5) is 0 Å². The van der Waals surface area contributed by atoms with Crippen molar-refractivity contribution in [3.63, 3.8) is 0 Å². The van der Waals surface area contributed by atoms with Crippen LogP contribution in [0.3, 0.4) is 0 Å². The van der Waals surface area contributed by atoms with Gasteiger partial charge in [-0.15, -0.1) is 18.8 Å². The summed E-state index contributed by atoms with van der Waals surface area (Å²) in [6.07, 6.45) is 9.29. The Morgan fingerprint density at radius 2 is 2.18 bits per heavy atom. The number of terminal acetylenes is 1. The quantitative estimate of drug-likeness (QED) is 0.396. The van der Waals surface area contributed by atoms with Crippen molar-refractivity contribution in [3.05, 3.63) is 0 Å². The largest absolute Gasteiger partial charge is 0.288 e. The molecule has 0 aliphatic carbocycles. The average Bonchev–Trinajstić information content (AvgIpc) is 1.99. The Morgan fingerprint density at radius 3 is 2.55 bits per heavy atom. The van der Waals surface area contributed by atoms with Gasteiger partial charge in [0.15, 0.2) is 0 Å². The van der Waals surface area contributed by atoms with Crippen molar-refractivity contribution in [1.82, 2.24) is 0 Å². The first kappa shape index (κ1) is 13.4. The maximum atomic E-state index is 5.11. The number of hydrogen-bond acceptors (Lipinski definition) is 2. The average molecular weight is 178 g/mol. The fourth-order valence-corrected chi connectivity index (χ4v) is 0.770. The zero-order valence-corrected chi connectivity index (χ0v) is 7.69. The van der Waals surface area contributed by atoms with E-state index in [1.54, 1.807) is 0 Å². The second kappa shape index (κ2) is 9.77. The Bertz CT molecular complexity index is 111. The summed E-state index contributed by atoms with van der Waals surface area (Å²) in [4.78, 5) is 4.51. The van der Waals surface area contributed by atoms with Gasteiger partial charge in [0.25, 0.3) is 0 Å². The Labute approximate surface area is 74.9 Å². The minimum atomic E-state index is -0.188. The van der Waals surface area contributed by atoms with Crippen LogP contribution in [0.15, 0.2) is 0 Å². The van der Waals surface area contributed by atoms with Crippen molar-refractivity contribution < 1.29 is 4.84 Å². The Hall–Kier alpha value is -0.230. The van der Waals surface area contributed by atoms with Gasteiger partial charge in [-0.25, -0.2) is 5.90 Å². The van der Waals surface area contributed by atoms with Gasteiger partial charge in [-0.3, -0.25) is 4.84 Å². The van der Waals surface area contributed by atoms with E-state index in [1.807, 2.05) is 0 Å². The minimum absolute atomic E-state index is 0. The van der Waals surface area contributed by atoms with Crippen molar-refractivity contribution >= 4 is 12.4 Å². The lowest BCUT2D eigenvalue weighted by atomic mass is 10.1. The molecule has 0 fully saturated rings. The van der Waals surface area contributed by atoms with Crippen LogP contribution in [-0.4, -0.2) is 6.10 Å². The number of unbranched alkanes of at least 4 members (excludes halogenated alkanes) is 2. The highest BCUT2D eigenvalue weighted by molar-refractivity contribution is 5.85. The van der Waals surface area contributed by atoms with E-state index in [2.05, 4.69) is 17.7 Å². The van der Waals surface area contributed by atoms with E-state index < -0.39 is 0 Å². The highest BCUT2D eigenvalue weighted by Crippen LogP contribution is 2.03. The summed E-state index contributed by atoms with van der Waals surface area (Å²) in [7, 11) is 0. The van der Waals surface area contributed by atoms with Crippen LogP contribution in [0.5, 0.6) is 0 Å². The molecule has 11 heavy (non-hydrogen) atoms. The Kier molecular flexibility index (Phi) is 11.9. The lowest BCUT2D eigenvalue weighted by Gasteiger charge is -2.05. The molecule has 0 aromatic heterocycles. The lowest BCUT2D eigenvalue weighted by molar-refractivity contribution is 0.0853. The SMILES string of the molecule is C#C[C@H](CCCCC)ON.Cl. The monoisotopic (exact) mass is 177 g/mol. The second-order valence-corrected chi connectivity index (χ2v) is 2.29. The topological polar surface area (TPSA) is 35.2 Å². The lowest BCUT2D eigenvalue weighted by Crippen LogP contribution is -2.14. The molecule has 0 heterocycles. The normalized spacial score (nSPS) is 11.4. The highest BCUT2D eigenvalue weighted by atomic mass is 35.5. The number of halogens is 1. The van der Waals surface area contributed by atoms with Gasteiger partial charge < -0.3 is 0 Å². The van der Waals surface area contributed by atoms with Crippen molar-refractivity contribution in [1.29, 1.82) is 0 Å². The molecule has 0 aliphatic heterocycles. The summed E-state index contributed by atoms with van der Waals surface area (Å²) in [5.74, 6) is 7.39. The third-order valence-corrected chi connectivity index (χ3v) is 1.42. The van der Waals surface area contributed by atoms with Crippen LogP contribution in [0, 0.1) is 12.3 Å². The smallest absolute Gasteiger partial charge is 0.139 e. The predicted molar refractivity (Wildman–Crippen MR) is 49.3 cm³/mol. The third kappa shape index (κ3) is 7.67. The van der Waals surface area contributed by atoms with Gasteiger partial charge in [0, 0.05) is 0 Å². The fourth-order valence-electron chi connectivity index (χ4n) is 0.770. The van der Waals surface area contributed by atoms with Gasteiger partial charge in [0.1, 0.15) is 6.10 Å². The van der Waals surface area contributed by atoms with Crippen LogP contribution >= 0.6 is 12.4 Å². The maximum absolute atomic E-state index is 5.11. The van der Waals surface area contributed by atoms with Gasteiger partial charge >= 0.3 is 0 Å². The molecular weight excluding hydrogens is 162 g/mol. The number of nitrogens with two attached hydrogens (primary N) is 1. The molecule has 2 N–H and O–H groups in total. The van der Waals surface area contributed by atoms with Crippen molar-refractivity contribution in [2.75, 3.05) is 0 Å². The van der Waals surface area contributed by atoms with Crippen LogP contribution in [0.25, 0.3) is 0 Å². The minimum Gasteiger partial charge on any atom is -0.288 e. The molecule has 0 aromatic carbocycles. The molecular formula is C8H16ClNO. The number of rotatable bonds is 5. The molecule has 66 valence electrons. The van der Waals surface area contributed by atoms with Gasteiger partial charge in [-0.05, 0) is 12.8 Å². The van der Waals surface area contributed by atoms with E-state index in [4.69, 9.17) is 12.3 Å². The molecule has 0 saturated heterocycles. The van der Waals surface area contributed by atoms with Crippen LogP contribution < -0.4 is 5.90 Å². The first-order valence-corrected chi connectivity index (χ1v) is 3.66. The van der Waals surface area contributed by atoms with Crippen LogP contribution in [-0.2, 0) is 4.84 Å². The molecule has 0 unspecified atom stereocenters. The van der Waals surface area contributed by atoms with Crippen molar-refractivity contribution in [2.45, 2.75) is 38.7 Å². The molecule has 1 atom stereocenters. The van der Waals surface area contributed by atoms with Gasteiger partial charge in [0.2, 0.25) is 0 Å². The Balaban J connectivity index is 0. The van der Waals surface area contributed by atoms with Crippen molar-refractivity contribution in [2.24, 2.45) is 5.90 Å². The maximum Gasteiger partial charge on any atom is 0.139 e. The molecule has 0 aliphatic rings. The van der Waals surface area contributed by atoms with Crippen LogP contribution in [0.1, 0.15) is 32.6 Å². The summed E-state index contributed by atoms with van der Waals surface area (Å²) in [5.41, 5.74) is 0. The first-order chi connectivity index (χ1) is 4.85. The van der Waals surface area contributed by atoms with Crippen molar-refractivity contribution in [3.8, 4) is 12.3 Å². The second-order valence-electron chi connectivity index (χ2n) is 2.29. The third-order valence-electron chi connectivity index (χ3n) is 1.42. The molecule has 3 heteroatoms. The first-order valence-electron chi connectivity index (χ1n) is 3.66. The summed E-state index contributed by atoms with van der Waals surface area (Å²) < 4.78 is 0. The van der Waals surface area contributed by atoms with Gasteiger partial charge in [0.05, 0.1) is 0 Å². The van der Waals surface area contributed by atoms with E-state index in [0.29, 0.717) is 0 Å². The molecule has 0 spiro atoms. The van der Waals surface area contributed by atoms with E-state index in [0.717, 1.165) is 12.8 Å². The molecule has 0 amide bonds. The van der Waals surface area contributed by atoms with E-state index in [9.17, 15) is 0 Å². The summed E-state index contributed by atoms with van der Waals surface area (Å²) in [5, 5.41) is 0. The Morgan fingerprint density at radius 1 is 1.55 bits per heavy atom. The zero-order valence-electron chi connectivity index (χ0n) is 6.88.